The van der Waals surface area contributed by atoms with Crippen LogP contribution in [0.1, 0.15) is 46.6 Å². The number of hydrogen-bond acceptors (Lipinski definition) is 3. The van der Waals surface area contributed by atoms with Gasteiger partial charge in [-0.2, -0.15) is 5.10 Å². The monoisotopic (exact) mass is 332 g/mol. The Labute approximate surface area is 141 Å². The molecule has 0 saturated heterocycles. The maximum Gasteiger partial charge on any atom is 0.279 e. The Morgan fingerprint density at radius 1 is 1.35 bits per heavy atom. The van der Waals surface area contributed by atoms with Crippen molar-refractivity contribution in [2.24, 2.45) is 0 Å². The zero-order valence-corrected chi connectivity index (χ0v) is 13.9. The molecule has 1 unspecified atom stereocenters. The van der Waals surface area contributed by atoms with Gasteiger partial charge in [0.1, 0.15) is 0 Å². The molecule has 4 rings (SSSR count). The molecule has 2 aliphatic rings. The number of carbonyl (C=O) groups is 1. The SMILES string of the molecule is CC1CCN(C(=O)c2n[nH]c3c2CNCC3)c2ccccc21.Cl. The summed E-state index contributed by atoms with van der Waals surface area (Å²) in [5, 5.41) is 10.7. The number of H-pyrrole nitrogens is 1. The number of halogens is 1. The van der Waals surface area contributed by atoms with Gasteiger partial charge in [-0.15, -0.1) is 12.4 Å². The molecule has 0 fully saturated rings. The van der Waals surface area contributed by atoms with Crippen molar-refractivity contribution in [2.75, 3.05) is 18.0 Å². The van der Waals surface area contributed by atoms with E-state index in [1.54, 1.807) is 0 Å². The molecule has 2 N–H and O–H groups in total. The van der Waals surface area contributed by atoms with Crippen molar-refractivity contribution in [2.45, 2.75) is 32.2 Å². The third-order valence-electron chi connectivity index (χ3n) is 4.80. The average molecular weight is 333 g/mol. The van der Waals surface area contributed by atoms with Crippen LogP contribution in [0, 0.1) is 0 Å². The van der Waals surface area contributed by atoms with Gasteiger partial charge >= 0.3 is 0 Å². The summed E-state index contributed by atoms with van der Waals surface area (Å²) >= 11 is 0. The molecule has 0 saturated carbocycles. The highest BCUT2D eigenvalue weighted by molar-refractivity contribution is 6.06. The molecule has 1 atom stereocenters. The van der Waals surface area contributed by atoms with Crippen LogP contribution in [-0.4, -0.2) is 29.2 Å². The number of nitrogens with one attached hydrogen (secondary N) is 2. The molecule has 0 bridgehead atoms. The summed E-state index contributed by atoms with van der Waals surface area (Å²) in [4.78, 5) is 14.9. The van der Waals surface area contributed by atoms with Gasteiger partial charge < -0.3 is 10.2 Å². The summed E-state index contributed by atoms with van der Waals surface area (Å²) in [6.45, 7) is 4.64. The Morgan fingerprint density at radius 2 is 2.17 bits per heavy atom. The lowest BCUT2D eigenvalue weighted by Gasteiger charge is -2.32. The molecule has 1 amide bonds. The van der Waals surface area contributed by atoms with Crippen molar-refractivity contribution in [1.82, 2.24) is 15.5 Å². The van der Waals surface area contributed by atoms with Crippen molar-refractivity contribution in [3.05, 3.63) is 46.8 Å². The average Bonchev–Trinajstić information content (AvgIpc) is 2.99. The Balaban J connectivity index is 0.00000156. The summed E-state index contributed by atoms with van der Waals surface area (Å²) in [5.74, 6) is 0.510. The first-order valence-electron chi connectivity index (χ1n) is 7.93. The standard InChI is InChI=1S/C17H20N4O.ClH/c1-11-7-9-21(15-5-3-2-4-12(11)15)17(22)16-13-10-18-8-6-14(13)19-20-16;/h2-5,11,18H,6-10H2,1H3,(H,19,20);1H. The lowest BCUT2D eigenvalue weighted by atomic mass is 9.91. The van der Waals surface area contributed by atoms with Crippen molar-refractivity contribution in [3.63, 3.8) is 0 Å². The molecule has 5 nitrogen and oxygen atoms in total. The maximum absolute atomic E-state index is 13.0. The molecule has 2 aromatic rings. The first-order valence-corrected chi connectivity index (χ1v) is 7.93. The third-order valence-corrected chi connectivity index (χ3v) is 4.80. The molecular weight excluding hydrogens is 312 g/mol. The maximum atomic E-state index is 13.0. The van der Waals surface area contributed by atoms with E-state index < -0.39 is 0 Å². The third kappa shape index (κ3) is 2.64. The van der Waals surface area contributed by atoms with E-state index in [1.165, 1.54) is 5.56 Å². The quantitative estimate of drug-likeness (QED) is 0.844. The number of fused-ring (bicyclic) bond motifs is 2. The number of aromatic nitrogens is 2. The van der Waals surface area contributed by atoms with E-state index in [0.717, 1.165) is 49.4 Å². The Bertz CT molecular complexity index is 727. The van der Waals surface area contributed by atoms with Gasteiger partial charge in [-0.1, -0.05) is 25.1 Å². The van der Waals surface area contributed by atoms with Gasteiger partial charge in [0.25, 0.3) is 5.91 Å². The highest BCUT2D eigenvalue weighted by Crippen LogP contribution is 2.35. The minimum atomic E-state index is 0. The molecule has 6 heteroatoms. The normalized spacial score (nSPS) is 19.5. The molecule has 23 heavy (non-hydrogen) atoms. The van der Waals surface area contributed by atoms with Crippen LogP contribution in [0.4, 0.5) is 5.69 Å². The van der Waals surface area contributed by atoms with Crippen LogP contribution in [0.2, 0.25) is 0 Å². The van der Waals surface area contributed by atoms with Crippen molar-refractivity contribution >= 4 is 24.0 Å². The summed E-state index contributed by atoms with van der Waals surface area (Å²) in [5.41, 5.74) is 5.00. The molecule has 3 heterocycles. The zero-order chi connectivity index (χ0) is 15.1. The largest absolute Gasteiger partial charge is 0.312 e. The topological polar surface area (TPSA) is 61.0 Å². The number of rotatable bonds is 1. The van der Waals surface area contributed by atoms with Crippen LogP contribution in [-0.2, 0) is 13.0 Å². The Hall–Kier alpha value is -1.85. The Morgan fingerprint density at radius 3 is 3.04 bits per heavy atom. The predicted octanol–water partition coefficient (Wildman–Crippen LogP) is 2.63. The van der Waals surface area contributed by atoms with Crippen LogP contribution in [0.3, 0.4) is 0 Å². The molecule has 1 aromatic heterocycles. The molecule has 122 valence electrons. The lowest BCUT2D eigenvalue weighted by molar-refractivity contribution is 0.0978. The van der Waals surface area contributed by atoms with Gasteiger partial charge in [0, 0.05) is 43.0 Å². The van der Waals surface area contributed by atoms with E-state index in [9.17, 15) is 4.79 Å². The number of nitrogens with zero attached hydrogens (tertiary/aromatic N) is 2. The van der Waals surface area contributed by atoms with Gasteiger partial charge in [0.2, 0.25) is 0 Å². The molecule has 1 aromatic carbocycles. The summed E-state index contributed by atoms with van der Waals surface area (Å²) in [6.07, 6.45) is 1.90. The smallest absolute Gasteiger partial charge is 0.279 e. The lowest BCUT2D eigenvalue weighted by Crippen LogP contribution is -2.37. The van der Waals surface area contributed by atoms with Crippen LogP contribution in [0.15, 0.2) is 24.3 Å². The molecule has 0 radical (unpaired) electrons. The highest BCUT2D eigenvalue weighted by Gasteiger charge is 2.30. The number of aromatic amines is 1. The second-order valence-corrected chi connectivity index (χ2v) is 6.16. The van der Waals surface area contributed by atoms with E-state index in [2.05, 4.69) is 28.5 Å². The number of anilines is 1. The van der Waals surface area contributed by atoms with E-state index >= 15 is 0 Å². The zero-order valence-electron chi connectivity index (χ0n) is 13.1. The van der Waals surface area contributed by atoms with E-state index in [1.807, 2.05) is 23.1 Å². The van der Waals surface area contributed by atoms with Gasteiger partial charge in [-0.3, -0.25) is 9.89 Å². The van der Waals surface area contributed by atoms with Crippen molar-refractivity contribution in [1.29, 1.82) is 0 Å². The van der Waals surface area contributed by atoms with Gasteiger partial charge in [0.05, 0.1) is 0 Å². The first kappa shape index (κ1) is 16.0. The van der Waals surface area contributed by atoms with E-state index in [-0.39, 0.29) is 18.3 Å². The molecule has 0 spiro atoms. The fourth-order valence-corrected chi connectivity index (χ4v) is 3.49. The Kier molecular flexibility index (Phi) is 4.41. The van der Waals surface area contributed by atoms with Gasteiger partial charge in [-0.25, -0.2) is 0 Å². The van der Waals surface area contributed by atoms with E-state index in [0.29, 0.717) is 11.6 Å². The number of amides is 1. The van der Waals surface area contributed by atoms with Crippen molar-refractivity contribution < 1.29 is 4.79 Å². The van der Waals surface area contributed by atoms with Crippen LogP contribution in [0.25, 0.3) is 0 Å². The number of para-hydroxylation sites is 1. The van der Waals surface area contributed by atoms with Crippen molar-refractivity contribution in [3.8, 4) is 0 Å². The van der Waals surface area contributed by atoms with E-state index in [4.69, 9.17) is 0 Å². The second kappa shape index (κ2) is 6.34. The molecular formula is C17H21ClN4O. The van der Waals surface area contributed by atoms with Gasteiger partial charge in [-0.05, 0) is 24.0 Å². The predicted molar refractivity (Wildman–Crippen MR) is 92.4 cm³/mol. The van der Waals surface area contributed by atoms with Crippen LogP contribution in [0.5, 0.6) is 0 Å². The minimum Gasteiger partial charge on any atom is -0.312 e. The van der Waals surface area contributed by atoms with Crippen LogP contribution >= 0.6 is 12.4 Å². The van der Waals surface area contributed by atoms with Crippen LogP contribution < -0.4 is 10.2 Å². The summed E-state index contributed by atoms with van der Waals surface area (Å²) < 4.78 is 0. The first-order chi connectivity index (χ1) is 10.8. The number of hydrogen-bond donors (Lipinski definition) is 2. The molecule has 2 aliphatic heterocycles. The molecule has 0 aliphatic carbocycles. The highest BCUT2D eigenvalue weighted by atomic mass is 35.5. The minimum absolute atomic E-state index is 0. The number of benzene rings is 1. The van der Waals surface area contributed by atoms with Gasteiger partial charge in [0.15, 0.2) is 5.69 Å². The fourth-order valence-electron chi connectivity index (χ4n) is 3.49. The second-order valence-electron chi connectivity index (χ2n) is 6.16. The summed E-state index contributed by atoms with van der Waals surface area (Å²) in [6, 6.07) is 8.21. The fraction of sp³-hybridized carbons (Fsp3) is 0.412. The number of carbonyl (C=O) groups excluding carboxylic acids is 1. The summed E-state index contributed by atoms with van der Waals surface area (Å²) in [7, 11) is 0.